The van der Waals surface area contributed by atoms with Crippen LogP contribution in [-0.2, 0) is 6.42 Å². The maximum atomic E-state index is 12.2. The Labute approximate surface area is 129 Å². The smallest absolute Gasteiger partial charge is 0.251 e. The molecule has 3 nitrogen and oxygen atoms in total. The van der Waals surface area contributed by atoms with Crippen LogP contribution in [-0.4, -0.2) is 19.0 Å². The molecule has 1 amide bonds. The largest absolute Gasteiger partial charge is 0.352 e. The van der Waals surface area contributed by atoms with E-state index >= 15 is 0 Å². The van der Waals surface area contributed by atoms with Crippen molar-refractivity contribution in [2.24, 2.45) is 11.1 Å². The molecule has 1 aromatic carbocycles. The van der Waals surface area contributed by atoms with Crippen LogP contribution >= 0.6 is 0 Å². The van der Waals surface area contributed by atoms with Gasteiger partial charge in [0.25, 0.3) is 5.91 Å². The van der Waals surface area contributed by atoms with Crippen LogP contribution in [0.5, 0.6) is 0 Å². The number of nitrogens with two attached hydrogens (primary N) is 1. The van der Waals surface area contributed by atoms with Gasteiger partial charge in [-0.25, -0.2) is 0 Å². The first-order valence-corrected chi connectivity index (χ1v) is 8.06. The standard InChI is InChI=1S/C18H30N2O/c1-4-5-6-11-18(2,3)14-20-17(21)16-9-7-8-15(13-16)10-12-19/h7-9,13H,4-6,10-12,14,19H2,1-3H3,(H,20,21). The van der Waals surface area contributed by atoms with Crippen LogP contribution in [0.15, 0.2) is 24.3 Å². The molecule has 0 unspecified atom stereocenters. The minimum atomic E-state index is 0.0115. The van der Waals surface area contributed by atoms with Gasteiger partial charge < -0.3 is 11.1 Å². The molecule has 0 saturated heterocycles. The van der Waals surface area contributed by atoms with Gasteiger partial charge in [0.2, 0.25) is 0 Å². The lowest BCUT2D eigenvalue weighted by molar-refractivity contribution is 0.0934. The highest BCUT2D eigenvalue weighted by atomic mass is 16.1. The van der Waals surface area contributed by atoms with E-state index in [0.717, 1.165) is 30.5 Å². The predicted molar refractivity (Wildman–Crippen MR) is 89.5 cm³/mol. The third-order valence-corrected chi connectivity index (χ3v) is 3.81. The van der Waals surface area contributed by atoms with Gasteiger partial charge in [-0.2, -0.15) is 0 Å². The minimum Gasteiger partial charge on any atom is -0.352 e. The maximum absolute atomic E-state index is 12.2. The average molecular weight is 290 g/mol. The van der Waals surface area contributed by atoms with Gasteiger partial charge in [0.1, 0.15) is 0 Å². The number of rotatable bonds is 9. The molecule has 21 heavy (non-hydrogen) atoms. The maximum Gasteiger partial charge on any atom is 0.251 e. The second-order valence-corrected chi connectivity index (χ2v) is 6.54. The van der Waals surface area contributed by atoms with E-state index in [2.05, 4.69) is 26.1 Å². The van der Waals surface area contributed by atoms with Crippen LogP contribution < -0.4 is 11.1 Å². The summed E-state index contributed by atoms with van der Waals surface area (Å²) in [5.41, 5.74) is 7.56. The first-order chi connectivity index (χ1) is 9.98. The van der Waals surface area contributed by atoms with Gasteiger partial charge in [0, 0.05) is 12.1 Å². The lowest BCUT2D eigenvalue weighted by atomic mass is 9.87. The fourth-order valence-electron chi connectivity index (χ4n) is 2.40. The molecule has 1 aromatic rings. The van der Waals surface area contributed by atoms with Crippen molar-refractivity contribution in [2.45, 2.75) is 52.9 Å². The number of hydrogen-bond donors (Lipinski definition) is 2. The molecule has 0 fully saturated rings. The average Bonchev–Trinajstić information content (AvgIpc) is 2.46. The molecule has 0 saturated carbocycles. The van der Waals surface area contributed by atoms with Gasteiger partial charge in [-0.3, -0.25) is 4.79 Å². The highest BCUT2D eigenvalue weighted by molar-refractivity contribution is 5.94. The Balaban J connectivity index is 2.51. The molecule has 0 bridgehead atoms. The number of carbonyl (C=O) groups excluding carboxylic acids is 1. The van der Waals surface area contributed by atoms with Crippen LogP contribution in [0, 0.1) is 5.41 Å². The number of amides is 1. The SMILES string of the molecule is CCCCCC(C)(C)CNC(=O)c1cccc(CCN)c1. The Hall–Kier alpha value is -1.35. The predicted octanol–water partition coefficient (Wildman–Crippen LogP) is 3.52. The van der Waals surface area contributed by atoms with Gasteiger partial charge in [0.05, 0.1) is 0 Å². The molecule has 0 aromatic heterocycles. The van der Waals surface area contributed by atoms with Crippen molar-refractivity contribution in [3.8, 4) is 0 Å². The van der Waals surface area contributed by atoms with Gasteiger partial charge in [-0.1, -0.05) is 52.2 Å². The van der Waals surface area contributed by atoms with Crippen molar-refractivity contribution in [3.63, 3.8) is 0 Å². The molecule has 118 valence electrons. The van der Waals surface area contributed by atoms with Gasteiger partial charge in [-0.15, -0.1) is 0 Å². The van der Waals surface area contributed by atoms with E-state index < -0.39 is 0 Å². The quantitative estimate of drug-likeness (QED) is 0.684. The Kier molecular flexibility index (Phi) is 7.44. The van der Waals surface area contributed by atoms with Crippen LogP contribution in [0.2, 0.25) is 0 Å². The highest BCUT2D eigenvalue weighted by Crippen LogP contribution is 2.22. The van der Waals surface area contributed by atoms with Crippen molar-refractivity contribution in [1.82, 2.24) is 5.32 Å². The normalized spacial score (nSPS) is 11.4. The zero-order valence-corrected chi connectivity index (χ0v) is 13.7. The molecule has 0 atom stereocenters. The molecular weight excluding hydrogens is 260 g/mol. The summed E-state index contributed by atoms with van der Waals surface area (Å²) in [5.74, 6) is 0.0115. The molecule has 3 heteroatoms. The summed E-state index contributed by atoms with van der Waals surface area (Å²) < 4.78 is 0. The lowest BCUT2D eigenvalue weighted by Crippen LogP contribution is -2.34. The monoisotopic (exact) mass is 290 g/mol. The lowest BCUT2D eigenvalue weighted by Gasteiger charge is -2.25. The van der Waals surface area contributed by atoms with Crippen LogP contribution in [0.3, 0.4) is 0 Å². The van der Waals surface area contributed by atoms with E-state index in [1.54, 1.807) is 0 Å². The van der Waals surface area contributed by atoms with Crippen molar-refractivity contribution in [3.05, 3.63) is 35.4 Å². The molecule has 0 spiro atoms. The van der Waals surface area contributed by atoms with Gasteiger partial charge >= 0.3 is 0 Å². The van der Waals surface area contributed by atoms with E-state index in [-0.39, 0.29) is 11.3 Å². The summed E-state index contributed by atoms with van der Waals surface area (Å²) >= 11 is 0. The first-order valence-electron chi connectivity index (χ1n) is 8.06. The molecule has 0 aliphatic carbocycles. The summed E-state index contributed by atoms with van der Waals surface area (Å²) in [6, 6.07) is 7.73. The second kappa shape index (κ2) is 8.83. The summed E-state index contributed by atoms with van der Waals surface area (Å²) in [6.07, 6.45) is 5.68. The Morgan fingerprint density at radius 3 is 2.71 bits per heavy atom. The Morgan fingerprint density at radius 2 is 2.05 bits per heavy atom. The fraction of sp³-hybridized carbons (Fsp3) is 0.611. The summed E-state index contributed by atoms with van der Waals surface area (Å²) in [7, 11) is 0. The van der Waals surface area contributed by atoms with Crippen molar-refractivity contribution in [1.29, 1.82) is 0 Å². The summed E-state index contributed by atoms with van der Waals surface area (Å²) in [6.45, 7) is 7.97. The molecule has 1 rings (SSSR count). The van der Waals surface area contributed by atoms with Crippen molar-refractivity contribution in [2.75, 3.05) is 13.1 Å². The van der Waals surface area contributed by atoms with Crippen LogP contribution in [0.1, 0.15) is 62.4 Å². The van der Waals surface area contributed by atoms with Gasteiger partial charge in [0.15, 0.2) is 0 Å². The topological polar surface area (TPSA) is 55.1 Å². The minimum absolute atomic E-state index is 0.0115. The number of nitrogens with one attached hydrogen (secondary N) is 1. The van der Waals surface area contributed by atoms with E-state index in [0.29, 0.717) is 6.54 Å². The highest BCUT2D eigenvalue weighted by Gasteiger charge is 2.18. The third kappa shape index (κ3) is 6.76. The van der Waals surface area contributed by atoms with Crippen LogP contribution in [0.25, 0.3) is 0 Å². The van der Waals surface area contributed by atoms with E-state index in [4.69, 9.17) is 5.73 Å². The number of unbranched alkanes of at least 4 members (excludes halogenated alkanes) is 2. The number of hydrogen-bond acceptors (Lipinski definition) is 2. The Morgan fingerprint density at radius 1 is 1.29 bits per heavy atom. The molecule has 0 aliphatic rings. The zero-order chi connectivity index (χ0) is 15.7. The van der Waals surface area contributed by atoms with Gasteiger partial charge in [-0.05, 0) is 42.5 Å². The van der Waals surface area contributed by atoms with Crippen molar-refractivity contribution < 1.29 is 4.79 Å². The fourth-order valence-corrected chi connectivity index (χ4v) is 2.40. The molecule has 0 radical (unpaired) electrons. The van der Waals surface area contributed by atoms with E-state index in [1.165, 1.54) is 19.3 Å². The van der Waals surface area contributed by atoms with E-state index in [9.17, 15) is 4.79 Å². The summed E-state index contributed by atoms with van der Waals surface area (Å²) in [4.78, 5) is 12.2. The van der Waals surface area contributed by atoms with Crippen LogP contribution in [0.4, 0.5) is 0 Å². The molecule has 0 heterocycles. The molecule has 3 N–H and O–H groups in total. The second-order valence-electron chi connectivity index (χ2n) is 6.54. The van der Waals surface area contributed by atoms with E-state index in [1.807, 2.05) is 24.3 Å². The zero-order valence-electron chi connectivity index (χ0n) is 13.7. The summed E-state index contributed by atoms with van der Waals surface area (Å²) in [5, 5.41) is 3.07. The molecular formula is C18H30N2O. The first kappa shape index (κ1) is 17.7. The number of benzene rings is 1. The van der Waals surface area contributed by atoms with Crippen molar-refractivity contribution >= 4 is 5.91 Å². The Bertz CT molecular complexity index is 441. The third-order valence-electron chi connectivity index (χ3n) is 3.81. The number of carbonyl (C=O) groups is 1. The molecule has 0 aliphatic heterocycles.